The van der Waals surface area contributed by atoms with Crippen molar-refractivity contribution < 1.29 is 0 Å². The molecule has 0 unspecified atom stereocenters. The van der Waals surface area contributed by atoms with Crippen LogP contribution in [0, 0.1) is 0 Å². The second-order valence-electron chi connectivity index (χ2n) is 4.06. The van der Waals surface area contributed by atoms with Crippen molar-refractivity contribution in [2.45, 2.75) is 25.8 Å². The van der Waals surface area contributed by atoms with Crippen LogP contribution in [0.25, 0.3) is 0 Å². The fraction of sp³-hybridized carbons (Fsp3) is 0.583. The zero-order valence-electron chi connectivity index (χ0n) is 9.37. The van der Waals surface area contributed by atoms with E-state index in [-0.39, 0.29) is 0 Å². The minimum absolute atomic E-state index is 0.902. The SMILES string of the molecule is CNCc1cccnc1N1CCCCC1. The summed E-state index contributed by atoms with van der Waals surface area (Å²) in [6.45, 7) is 3.22. The Morgan fingerprint density at radius 2 is 2.13 bits per heavy atom. The van der Waals surface area contributed by atoms with Crippen LogP contribution < -0.4 is 10.2 Å². The smallest absolute Gasteiger partial charge is 0.133 e. The summed E-state index contributed by atoms with van der Waals surface area (Å²) < 4.78 is 0. The fourth-order valence-corrected chi connectivity index (χ4v) is 2.15. The van der Waals surface area contributed by atoms with Gasteiger partial charge in [0.1, 0.15) is 5.82 Å². The van der Waals surface area contributed by atoms with Crippen LogP contribution in [0.2, 0.25) is 0 Å². The molecule has 82 valence electrons. The maximum absolute atomic E-state index is 4.51. The predicted molar refractivity (Wildman–Crippen MR) is 63.1 cm³/mol. The topological polar surface area (TPSA) is 28.2 Å². The van der Waals surface area contributed by atoms with Crippen LogP contribution in [0.3, 0.4) is 0 Å². The van der Waals surface area contributed by atoms with Gasteiger partial charge in [0.15, 0.2) is 0 Å². The molecule has 3 nitrogen and oxygen atoms in total. The normalized spacial score (nSPS) is 16.7. The second-order valence-corrected chi connectivity index (χ2v) is 4.06. The first-order valence-electron chi connectivity index (χ1n) is 5.75. The van der Waals surface area contributed by atoms with Crippen molar-refractivity contribution in [1.82, 2.24) is 10.3 Å². The van der Waals surface area contributed by atoms with Crippen LogP contribution in [-0.2, 0) is 6.54 Å². The van der Waals surface area contributed by atoms with E-state index in [1.54, 1.807) is 0 Å². The molecule has 1 fully saturated rings. The molecule has 0 amide bonds. The lowest BCUT2D eigenvalue weighted by Gasteiger charge is -2.29. The van der Waals surface area contributed by atoms with E-state index in [2.05, 4.69) is 21.3 Å². The molecule has 1 aliphatic rings. The third-order valence-electron chi connectivity index (χ3n) is 2.89. The molecule has 2 rings (SSSR count). The Kier molecular flexibility index (Phi) is 3.56. The molecule has 0 aliphatic carbocycles. The Morgan fingerprint density at radius 3 is 2.87 bits per heavy atom. The maximum atomic E-state index is 4.51. The summed E-state index contributed by atoms with van der Waals surface area (Å²) in [6, 6.07) is 4.17. The molecule has 2 heterocycles. The number of nitrogens with one attached hydrogen (secondary N) is 1. The molecular weight excluding hydrogens is 186 g/mol. The van der Waals surface area contributed by atoms with Crippen molar-refractivity contribution in [3.8, 4) is 0 Å². The first-order chi connectivity index (χ1) is 7.42. The van der Waals surface area contributed by atoms with Crippen LogP contribution in [0.1, 0.15) is 24.8 Å². The highest BCUT2D eigenvalue weighted by molar-refractivity contribution is 5.46. The second kappa shape index (κ2) is 5.12. The van der Waals surface area contributed by atoms with E-state index in [1.165, 1.54) is 30.6 Å². The molecule has 0 radical (unpaired) electrons. The highest BCUT2D eigenvalue weighted by Crippen LogP contribution is 2.21. The average Bonchev–Trinajstić information content (AvgIpc) is 2.31. The quantitative estimate of drug-likeness (QED) is 0.815. The summed E-state index contributed by atoms with van der Waals surface area (Å²) in [5, 5.41) is 3.20. The summed E-state index contributed by atoms with van der Waals surface area (Å²) in [7, 11) is 1.98. The number of anilines is 1. The van der Waals surface area contributed by atoms with Gasteiger partial charge in [-0.25, -0.2) is 4.98 Å². The number of rotatable bonds is 3. The van der Waals surface area contributed by atoms with Gasteiger partial charge >= 0.3 is 0 Å². The van der Waals surface area contributed by atoms with Crippen LogP contribution in [0.15, 0.2) is 18.3 Å². The van der Waals surface area contributed by atoms with E-state index in [1.807, 2.05) is 19.3 Å². The lowest BCUT2D eigenvalue weighted by atomic mass is 10.1. The summed E-state index contributed by atoms with van der Waals surface area (Å²) >= 11 is 0. The fourth-order valence-electron chi connectivity index (χ4n) is 2.15. The van der Waals surface area contributed by atoms with Crippen molar-refractivity contribution in [1.29, 1.82) is 0 Å². The molecule has 0 saturated carbocycles. The Balaban J connectivity index is 2.17. The number of piperidine rings is 1. The van der Waals surface area contributed by atoms with Crippen molar-refractivity contribution in [3.05, 3.63) is 23.9 Å². The molecule has 0 bridgehead atoms. The van der Waals surface area contributed by atoms with Gasteiger partial charge in [-0.1, -0.05) is 6.07 Å². The molecular formula is C12H19N3. The molecule has 1 aromatic heterocycles. The van der Waals surface area contributed by atoms with Gasteiger partial charge in [0.05, 0.1) is 0 Å². The highest BCUT2D eigenvalue weighted by Gasteiger charge is 2.14. The van der Waals surface area contributed by atoms with Gasteiger partial charge in [0.25, 0.3) is 0 Å². The van der Waals surface area contributed by atoms with Gasteiger partial charge in [-0.3, -0.25) is 0 Å². The van der Waals surface area contributed by atoms with Crippen LogP contribution in [0.5, 0.6) is 0 Å². The third kappa shape index (κ3) is 2.48. The average molecular weight is 205 g/mol. The molecule has 0 spiro atoms. The predicted octanol–water partition coefficient (Wildman–Crippen LogP) is 1.79. The van der Waals surface area contributed by atoms with Crippen LogP contribution >= 0.6 is 0 Å². The molecule has 0 atom stereocenters. The van der Waals surface area contributed by atoms with E-state index in [0.717, 1.165) is 19.6 Å². The molecule has 1 aromatic rings. The van der Waals surface area contributed by atoms with E-state index in [4.69, 9.17) is 0 Å². The lowest BCUT2D eigenvalue weighted by Crippen LogP contribution is -2.31. The van der Waals surface area contributed by atoms with E-state index in [0.29, 0.717) is 0 Å². The van der Waals surface area contributed by atoms with Crippen molar-refractivity contribution >= 4 is 5.82 Å². The molecule has 1 aliphatic heterocycles. The number of hydrogen-bond donors (Lipinski definition) is 1. The highest BCUT2D eigenvalue weighted by atomic mass is 15.2. The zero-order valence-corrected chi connectivity index (χ0v) is 9.37. The van der Waals surface area contributed by atoms with E-state index < -0.39 is 0 Å². The van der Waals surface area contributed by atoms with Gasteiger partial charge in [-0.2, -0.15) is 0 Å². The lowest BCUT2D eigenvalue weighted by molar-refractivity contribution is 0.570. The van der Waals surface area contributed by atoms with Crippen molar-refractivity contribution in [2.24, 2.45) is 0 Å². The monoisotopic (exact) mass is 205 g/mol. The number of pyridine rings is 1. The van der Waals surface area contributed by atoms with Crippen molar-refractivity contribution in [2.75, 3.05) is 25.0 Å². The summed E-state index contributed by atoms with van der Waals surface area (Å²) in [6.07, 6.45) is 5.86. The Labute approximate surface area is 91.5 Å². The largest absolute Gasteiger partial charge is 0.356 e. The minimum atomic E-state index is 0.902. The molecule has 0 aromatic carbocycles. The number of nitrogens with zero attached hydrogens (tertiary/aromatic N) is 2. The Morgan fingerprint density at radius 1 is 1.33 bits per heavy atom. The van der Waals surface area contributed by atoms with E-state index >= 15 is 0 Å². The first kappa shape index (κ1) is 10.4. The number of hydrogen-bond acceptors (Lipinski definition) is 3. The molecule has 1 saturated heterocycles. The molecule has 15 heavy (non-hydrogen) atoms. The first-order valence-corrected chi connectivity index (χ1v) is 5.75. The maximum Gasteiger partial charge on any atom is 0.133 e. The summed E-state index contributed by atoms with van der Waals surface area (Å²) in [4.78, 5) is 6.92. The van der Waals surface area contributed by atoms with Gasteiger partial charge in [0.2, 0.25) is 0 Å². The van der Waals surface area contributed by atoms with Crippen LogP contribution in [0.4, 0.5) is 5.82 Å². The van der Waals surface area contributed by atoms with Crippen LogP contribution in [-0.4, -0.2) is 25.1 Å². The summed E-state index contributed by atoms with van der Waals surface area (Å²) in [5.74, 6) is 1.17. The molecule has 1 N–H and O–H groups in total. The molecule has 3 heteroatoms. The Bertz CT molecular complexity index is 305. The van der Waals surface area contributed by atoms with Gasteiger partial charge in [-0.15, -0.1) is 0 Å². The van der Waals surface area contributed by atoms with Gasteiger partial charge in [-0.05, 0) is 32.4 Å². The Hall–Kier alpha value is -1.09. The van der Waals surface area contributed by atoms with Gasteiger partial charge < -0.3 is 10.2 Å². The third-order valence-corrected chi connectivity index (χ3v) is 2.89. The van der Waals surface area contributed by atoms with Crippen molar-refractivity contribution in [3.63, 3.8) is 0 Å². The van der Waals surface area contributed by atoms with Gasteiger partial charge in [0, 0.05) is 31.4 Å². The minimum Gasteiger partial charge on any atom is -0.356 e. The van der Waals surface area contributed by atoms with E-state index in [9.17, 15) is 0 Å². The zero-order chi connectivity index (χ0) is 10.5. The number of aromatic nitrogens is 1. The summed E-state index contributed by atoms with van der Waals surface area (Å²) in [5.41, 5.74) is 1.31. The standard InChI is InChI=1S/C12H19N3/c1-13-10-11-6-5-7-14-12(11)15-8-3-2-4-9-15/h5-7,13H,2-4,8-10H2,1H3.